The summed E-state index contributed by atoms with van der Waals surface area (Å²) in [5.41, 5.74) is 0. The van der Waals surface area contributed by atoms with Gasteiger partial charge >= 0.3 is 11.9 Å². The van der Waals surface area contributed by atoms with Crippen LogP contribution in [0.15, 0.2) is 0 Å². The van der Waals surface area contributed by atoms with Crippen LogP contribution >= 0.6 is 12.6 Å². The van der Waals surface area contributed by atoms with Gasteiger partial charge in [-0.3, -0.25) is 9.59 Å². The third-order valence-electron chi connectivity index (χ3n) is 1.59. The van der Waals surface area contributed by atoms with Crippen molar-refractivity contribution in [3.05, 3.63) is 0 Å². The van der Waals surface area contributed by atoms with E-state index in [9.17, 15) is 9.59 Å². The fourth-order valence-electron chi connectivity index (χ4n) is 0.960. The molecule has 0 bridgehead atoms. The third-order valence-corrected chi connectivity index (χ3v) is 2.03. The maximum absolute atomic E-state index is 10.2. The van der Waals surface area contributed by atoms with Crippen molar-refractivity contribution in [2.75, 3.05) is 0 Å². The summed E-state index contributed by atoms with van der Waals surface area (Å²) >= 11 is 4.07. The van der Waals surface area contributed by atoms with Crippen LogP contribution < -0.4 is 0 Å². The Morgan fingerprint density at radius 1 is 1.15 bits per heavy atom. The average Bonchev–Trinajstić information content (AvgIpc) is 1.96. The van der Waals surface area contributed by atoms with Gasteiger partial charge in [-0.2, -0.15) is 12.6 Å². The highest BCUT2D eigenvalue weighted by molar-refractivity contribution is 7.81. The normalized spacial score (nSPS) is 12.4. The van der Waals surface area contributed by atoms with E-state index in [1.807, 2.05) is 0 Å². The summed E-state index contributed by atoms with van der Waals surface area (Å²) in [5.74, 6) is -1.67. The van der Waals surface area contributed by atoms with E-state index in [-0.39, 0.29) is 18.1 Å². The first-order valence-corrected chi connectivity index (χ1v) is 4.65. The molecule has 0 heterocycles. The number of rotatable bonds is 7. The number of hydrogen-bond acceptors (Lipinski definition) is 3. The van der Waals surface area contributed by atoms with Crippen molar-refractivity contribution in [3.63, 3.8) is 0 Å². The Bertz CT molecular complexity index is 181. The van der Waals surface area contributed by atoms with Crippen LogP contribution in [0.3, 0.4) is 0 Å². The van der Waals surface area contributed by atoms with Crippen LogP contribution in [0.25, 0.3) is 0 Å². The zero-order valence-electron chi connectivity index (χ0n) is 7.27. The Morgan fingerprint density at radius 2 is 1.77 bits per heavy atom. The third kappa shape index (κ3) is 9.20. The Hall–Kier alpha value is -0.710. The van der Waals surface area contributed by atoms with Crippen LogP contribution in [0.4, 0.5) is 0 Å². The van der Waals surface area contributed by atoms with Gasteiger partial charge in [-0.25, -0.2) is 0 Å². The van der Waals surface area contributed by atoms with Crippen molar-refractivity contribution < 1.29 is 19.8 Å². The van der Waals surface area contributed by atoms with Crippen molar-refractivity contribution in [1.29, 1.82) is 0 Å². The van der Waals surface area contributed by atoms with E-state index in [2.05, 4.69) is 12.6 Å². The molecular weight excluding hydrogens is 192 g/mol. The maximum atomic E-state index is 10.2. The van der Waals surface area contributed by atoms with Gasteiger partial charge in [0.25, 0.3) is 0 Å². The Morgan fingerprint density at radius 3 is 2.23 bits per heavy atom. The summed E-state index contributed by atoms with van der Waals surface area (Å²) in [7, 11) is 0. The fraction of sp³-hybridized carbons (Fsp3) is 0.750. The smallest absolute Gasteiger partial charge is 0.304 e. The summed E-state index contributed by atoms with van der Waals surface area (Å²) in [6.07, 6.45) is 2.15. The Kier molecular flexibility index (Phi) is 6.40. The lowest BCUT2D eigenvalue weighted by Crippen LogP contribution is -2.07. The molecule has 4 nitrogen and oxygen atoms in total. The molecule has 0 unspecified atom stereocenters. The van der Waals surface area contributed by atoms with Crippen LogP contribution in [-0.4, -0.2) is 27.4 Å². The molecule has 0 saturated heterocycles. The summed E-state index contributed by atoms with van der Waals surface area (Å²) in [5, 5.41) is 16.5. The van der Waals surface area contributed by atoms with Crippen LogP contribution in [0.5, 0.6) is 0 Å². The van der Waals surface area contributed by atoms with Gasteiger partial charge < -0.3 is 10.2 Å². The molecule has 0 aliphatic carbocycles. The van der Waals surface area contributed by atoms with E-state index in [1.165, 1.54) is 0 Å². The zero-order valence-corrected chi connectivity index (χ0v) is 8.17. The second kappa shape index (κ2) is 6.77. The number of unbranched alkanes of at least 4 members (excludes halogenated alkanes) is 1. The van der Waals surface area contributed by atoms with Gasteiger partial charge in [0, 0.05) is 11.7 Å². The molecular formula is C8H14O4S. The van der Waals surface area contributed by atoms with Crippen LogP contribution in [0.1, 0.15) is 32.1 Å². The number of hydrogen-bond donors (Lipinski definition) is 3. The molecule has 1 atom stereocenters. The highest BCUT2D eigenvalue weighted by atomic mass is 32.1. The van der Waals surface area contributed by atoms with Gasteiger partial charge in [0.15, 0.2) is 0 Å². The van der Waals surface area contributed by atoms with Crippen LogP contribution in [0.2, 0.25) is 0 Å². The molecule has 0 amide bonds. The molecule has 76 valence electrons. The molecule has 13 heavy (non-hydrogen) atoms. The van der Waals surface area contributed by atoms with Gasteiger partial charge in [-0.15, -0.1) is 0 Å². The monoisotopic (exact) mass is 206 g/mol. The maximum Gasteiger partial charge on any atom is 0.304 e. The minimum atomic E-state index is -0.863. The molecule has 0 aromatic rings. The molecule has 0 rings (SSSR count). The van der Waals surface area contributed by atoms with Crippen molar-refractivity contribution in [3.8, 4) is 0 Å². The molecule has 0 aliphatic heterocycles. The molecule has 0 saturated carbocycles. The van der Waals surface area contributed by atoms with E-state index < -0.39 is 11.9 Å². The van der Waals surface area contributed by atoms with Gasteiger partial charge in [0.2, 0.25) is 0 Å². The van der Waals surface area contributed by atoms with Gasteiger partial charge in [0.1, 0.15) is 0 Å². The summed E-state index contributed by atoms with van der Waals surface area (Å²) < 4.78 is 0. The first-order valence-electron chi connectivity index (χ1n) is 4.14. The molecule has 2 N–H and O–H groups in total. The van der Waals surface area contributed by atoms with E-state index >= 15 is 0 Å². The molecule has 0 fully saturated rings. The minimum absolute atomic E-state index is 0.0379. The second-order valence-electron chi connectivity index (χ2n) is 2.89. The highest BCUT2D eigenvalue weighted by Crippen LogP contribution is 2.11. The summed E-state index contributed by atoms with van der Waals surface area (Å²) in [6, 6.07) is 0. The molecule has 0 aliphatic rings. The van der Waals surface area contributed by atoms with E-state index in [0.29, 0.717) is 19.3 Å². The zero-order chi connectivity index (χ0) is 10.3. The number of carbonyl (C=O) groups is 2. The second-order valence-corrected chi connectivity index (χ2v) is 3.62. The van der Waals surface area contributed by atoms with Gasteiger partial charge in [0.05, 0.1) is 6.42 Å². The van der Waals surface area contributed by atoms with Gasteiger partial charge in [-0.1, -0.05) is 6.42 Å². The van der Waals surface area contributed by atoms with Crippen LogP contribution in [-0.2, 0) is 9.59 Å². The first kappa shape index (κ1) is 12.3. The van der Waals surface area contributed by atoms with Crippen molar-refractivity contribution >= 4 is 24.6 Å². The lowest BCUT2D eigenvalue weighted by atomic mass is 10.1. The lowest BCUT2D eigenvalue weighted by molar-refractivity contribution is -0.138. The van der Waals surface area contributed by atoms with E-state index in [1.54, 1.807) is 0 Å². The number of carboxylic acids is 2. The number of aliphatic carboxylic acids is 2. The average molecular weight is 206 g/mol. The van der Waals surface area contributed by atoms with Crippen LogP contribution in [0, 0.1) is 0 Å². The molecule has 0 spiro atoms. The Labute approximate surface area is 82.4 Å². The predicted molar refractivity (Wildman–Crippen MR) is 51.1 cm³/mol. The van der Waals surface area contributed by atoms with E-state index in [4.69, 9.17) is 10.2 Å². The molecule has 0 radical (unpaired) electrons. The first-order chi connectivity index (χ1) is 6.02. The minimum Gasteiger partial charge on any atom is -0.481 e. The number of carboxylic acid groups (broad SMARTS) is 2. The lowest BCUT2D eigenvalue weighted by Gasteiger charge is -2.05. The fourth-order valence-corrected chi connectivity index (χ4v) is 1.30. The summed E-state index contributed by atoms with van der Waals surface area (Å²) in [4.78, 5) is 20.3. The highest BCUT2D eigenvalue weighted by Gasteiger charge is 2.08. The SMILES string of the molecule is O=C(O)CCCC[C@H](S)CC(=O)O. The van der Waals surface area contributed by atoms with Crippen molar-refractivity contribution in [1.82, 2.24) is 0 Å². The predicted octanol–water partition coefficient (Wildman–Crippen LogP) is 1.40. The number of thiol groups is 1. The standard InChI is InChI=1S/C8H14O4S/c9-7(10)4-2-1-3-6(13)5-8(11)12/h6,13H,1-5H2,(H,9,10)(H,11,12)/t6-/m0/s1. The molecule has 5 heteroatoms. The topological polar surface area (TPSA) is 74.6 Å². The van der Waals surface area contributed by atoms with Gasteiger partial charge in [-0.05, 0) is 12.8 Å². The van der Waals surface area contributed by atoms with Crippen molar-refractivity contribution in [2.24, 2.45) is 0 Å². The van der Waals surface area contributed by atoms with Crippen molar-refractivity contribution in [2.45, 2.75) is 37.4 Å². The summed E-state index contributed by atoms with van der Waals surface area (Å²) in [6.45, 7) is 0. The quantitative estimate of drug-likeness (QED) is 0.435. The molecule has 0 aromatic heterocycles. The molecule has 0 aromatic carbocycles. The van der Waals surface area contributed by atoms with E-state index in [0.717, 1.165) is 0 Å². The Balaban J connectivity index is 3.31. The largest absolute Gasteiger partial charge is 0.481 e.